The number of hydrogen-bond donors (Lipinski definition) is 0. The summed E-state index contributed by atoms with van der Waals surface area (Å²) in [4.78, 5) is 13.6. The maximum absolute atomic E-state index is 11.9. The zero-order chi connectivity index (χ0) is 11.6. The Hall–Kier alpha value is -0.580. The molecule has 1 aliphatic carbocycles. The third-order valence-corrected chi connectivity index (χ3v) is 5.24. The highest BCUT2D eigenvalue weighted by Gasteiger charge is 2.27. The molecule has 2 aliphatic rings. The van der Waals surface area contributed by atoms with Crippen molar-refractivity contribution < 1.29 is 13.2 Å². The third-order valence-electron chi connectivity index (χ3n) is 3.64. The Morgan fingerprint density at radius 2 is 1.69 bits per heavy atom. The van der Waals surface area contributed by atoms with Crippen LogP contribution >= 0.6 is 0 Å². The second kappa shape index (κ2) is 4.73. The van der Waals surface area contributed by atoms with Gasteiger partial charge in [-0.15, -0.1) is 0 Å². The molecule has 4 nitrogen and oxygen atoms in total. The Morgan fingerprint density at radius 3 is 2.25 bits per heavy atom. The monoisotopic (exact) mass is 245 g/mol. The Kier molecular flexibility index (Phi) is 3.52. The van der Waals surface area contributed by atoms with E-state index in [1.807, 2.05) is 0 Å². The first-order valence-electron chi connectivity index (χ1n) is 6.05. The molecule has 1 amide bonds. The standard InChI is InChI=1S/C11H19NO3S/c13-11(9-10-3-1-2-4-10)12-5-7-16(14,15)8-6-12/h10H,1-9H2. The number of nitrogens with zero attached hydrogens (tertiary/aromatic N) is 1. The first kappa shape index (κ1) is 11.9. The van der Waals surface area contributed by atoms with Gasteiger partial charge in [-0.05, 0) is 18.8 Å². The van der Waals surface area contributed by atoms with Crippen LogP contribution in [0.25, 0.3) is 0 Å². The number of carbonyl (C=O) groups excluding carboxylic acids is 1. The summed E-state index contributed by atoms with van der Waals surface area (Å²) in [7, 11) is -2.87. The van der Waals surface area contributed by atoms with E-state index in [2.05, 4.69) is 0 Å². The van der Waals surface area contributed by atoms with Crippen molar-refractivity contribution in [1.82, 2.24) is 4.90 Å². The quantitative estimate of drug-likeness (QED) is 0.724. The van der Waals surface area contributed by atoms with Gasteiger partial charge in [0.2, 0.25) is 5.91 Å². The molecule has 1 saturated heterocycles. The summed E-state index contributed by atoms with van der Waals surface area (Å²) < 4.78 is 22.5. The SMILES string of the molecule is O=C(CC1CCCC1)N1CCS(=O)(=O)CC1. The van der Waals surface area contributed by atoms with E-state index in [1.54, 1.807) is 4.90 Å². The smallest absolute Gasteiger partial charge is 0.222 e. The van der Waals surface area contributed by atoms with Crippen LogP contribution in [-0.2, 0) is 14.6 Å². The molecule has 0 unspecified atom stereocenters. The van der Waals surface area contributed by atoms with Crippen LogP contribution in [0.1, 0.15) is 32.1 Å². The summed E-state index contributed by atoms with van der Waals surface area (Å²) in [6, 6.07) is 0. The van der Waals surface area contributed by atoms with Crippen LogP contribution in [0, 0.1) is 5.92 Å². The summed E-state index contributed by atoms with van der Waals surface area (Å²) in [5, 5.41) is 0. The Bertz CT molecular complexity index is 343. The summed E-state index contributed by atoms with van der Waals surface area (Å²) in [5.41, 5.74) is 0. The Morgan fingerprint density at radius 1 is 1.12 bits per heavy atom. The average molecular weight is 245 g/mol. The van der Waals surface area contributed by atoms with E-state index in [-0.39, 0.29) is 17.4 Å². The van der Waals surface area contributed by atoms with Crippen LogP contribution in [-0.4, -0.2) is 43.8 Å². The molecule has 0 N–H and O–H groups in total. The van der Waals surface area contributed by atoms with Gasteiger partial charge in [-0.2, -0.15) is 0 Å². The number of amides is 1. The maximum Gasteiger partial charge on any atom is 0.222 e. The first-order chi connectivity index (χ1) is 7.57. The minimum Gasteiger partial charge on any atom is -0.341 e. The third kappa shape index (κ3) is 2.97. The van der Waals surface area contributed by atoms with Gasteiger partial charge < -0.3 is 4.90 Å². The maximum atomic E-state index is 11.9. The van der Waals surface area contributed by atoms with E-state index in [9.17, 15) is 13.2 Å². The van der Waals surface area contributed by atoms with Crippen molar-refractivity contribution in [3.8, 4) is 0 Å². The van der Waals surface area contributed by atoms with Crippen molar-refractivity contribution in [2.45, 2.75) is 32.1 Å². The predicted molar refractivity (Wildman–Crippen MR) is 61.8 cm³/mol. The van der Waals surface area contributed by atoms with Crippen molar-refractivity contribution >= 4 is 15.7 Å². The molecule has 2 fully saturated rings. The molecule has 5 heteroatoms. The fourth-order valence-electron chi connectivity index (χ4n) is 2.55. The molecule has 0 aromatic carbocycles. The summed E-state index contributed by atoms with van der Waals surface area (Å²) in [5.74, 6) is 0.986. The molecule has 0 radical (unpaired) electrons. The van der Waals surface area contributed by atoms with Gasteiger partial charge in [0.05, 0.1) is 11.5 Å². The largest absolute Gasteiger partial charge is 0.341 e. The van der Waals surface area contributed by atoms with Crippen molar-refractivity contribution in [1.29, 1.82) is 0 Å². The highest BCUT2D eigenvalue weighted by Crippen LogP contribution is 2.28. The van der Waals surface area contributed by atoms with Gasteiger partial charge >= 0.3 is 0 Å². The van der Waals surface area contributed by atoms with Crippen molar-refractivity contribution in [2.75, 3.05) is 24.6 Å². The molecule has 1 heterocycles. The number of sulfone groups is 1. The van der Waals surface area contributed by atoms with Crippen LogP contribution < -0.4 is 0 Å². The normalized spacial score (nSPS) is 25.9. The van der Waals surface area contributed by atoms with E-state index >= 15 is 0 Å². The van der Waals surface area contributed by atoms with Gasteiger partial charge in [0, 0.05) is 19.5 Å². The van der Waals surface area contributed by atoms with E-state index < -0.39 is 9.84 Å². The van der Waals surface area contributed by atoms with Crippen molar-refractivity contribution in [3.63, 3.8) is 0 Å². The molecule has 0 atom stereocenters. The van der Waals surface area contributed by atoms with E-state index in [1.165, 1.54) is 12.8 Å². The zero-order valence-corrected chi connectivity index (χ0v) is 10.3. The summed E-state index contributed by atoms with van der Waals surface area (Å²) in [6.07, 6.45) is 5.44. The summed E-state index contributed by atoms with van der Waals surface area (Å²) >= 11 is 0. The molecule has 0 aromatic rings. The van der Waals surface area contributed by atoms with Crippen LogP contribution in [0.4, 0.5) is 0 Å². The molecule has 0 aromatic heterocycles. The zero-order valence-electron chi connectivity index (χ0n) is 9.52. The number of hydrogen-bond acceptors (Lipinski definition) is 3. The summed E-state index contributed by atoms with van der Waals surface area (Å²) in [6.45, 7) is 0.793. The lowest BCUT2D eigenvalue weighted by molar-refractivity contribution is -0.131. The highest BCUT2D eigenvalue weighted by atomic mass is 32.2. The fourth-order valence-corrected chi connectivity index (χ4v) is 3.75. The van der Waals surface area contributed by atoms with Gasteiger partial charge in [-0.25, -0.2) is 8.42 Å². The molecule has 16 heavy (non-hydrogen) atoms. The lowest BCUT2D eigenvalue weighted by Crippen LogP contribution is -2.44. The number of carbonyl (C=O) groups is 1. The van der Waals surface area contributed by atoms with E-state index in [0.29, 0.717) is 25.4 Å². The molecular formula is C11H19NO3S. The second-order valence-corrected chi connectivity index (χ2v) is 7.19. The van der Waals surface area contributed by atoms with Crippen molar-refractivity contribution in [2.24, 2.45) is 5.92 Å². The molecule has 0 spiro atoms. The van der Waals surface area contributed by atoms with Crippen LogP contribution in [0.5, 0.6) is 0 Å². The molecule has 1 saturated carbocycles. The average Bonchev–Trinajstić information content (AvgIpc) is 2.70. The molecule has 1 aliphatic heterocycles. The second-order valence-electron chi connectivity index (χ2n) is 4.89. The van der Waals surface area contributed by atoms with Gasteiger partial charge in [-0.3, -0.25) is 4.79 Å². The molecule has 2 rings (SSSR count). The predicted octanol–water partition coefficient (Wildman–Crippen LogP) is 0.824. The van der Waals surface area contributed by atoms with Gasteiger partial charge in [0.25, 0.3) is 0 Å². The van der Waals surface area contributed by atoms with Crippen LogP contribution in [0.2, 0.25) is 0 Å². The molecule has 92 valence electrons. The van der Waals surface area contributed by atoms with Crippen LogP contribution in [0.3, 0.4) is 0 Å². The number of rotatable bonds is 2. The van der Waals surface area contributed by atoms with E-state index in [0.717, 1.165) is 12.8 Å². The van der Waals surface area contributed by atoms with Gasteiger partial charge in [-0.1, -0.05) is 12.8 Å². The van der Waals surface area contributed by atoms with E-state index in [4.69, 9.17) is 0 Å². The highest BCUT2D eigenvalue weighted by molar-refractivity contribution is 7.91. The topological polar surface area (TPSA) is 54.5 Å². The first-order valence-corrected chi connectivity index (χ1v) is 7.87. The molecule has 0 bridgehead atoms. The van der Waals surface area contributed by atoms with Gasteiger partial charge in [0.15, 0.2) is 9.84 Å². The van der Waals surface area contributed by atoms with Crippen LogP contribution in [0.15, 0.2) is 0 Å². The fraction of sp³-hybridized carbons (Fsp3) is 0.909. The molecular weight excluding hydrogens is 226 g/mol. The van der Waals surface area contributed by atoms with Crippen molar-refractivity contribution in [3.05, 3.63) is 0 Å². The lowest BCUT2D eigenvalue weighted by atomic mass is 10.0. The minimum atomic E-state index is -2.87. The Balaban J connectivity index is 1.82. The lowest BCUT2D eigenvalue weighted by Gasteiger charge is -2.27. The minimum absolute atomic E-state index is 0.142. The Labute approximate surface area is 96.9 Å². The van der Waals surface area contributed by atoms with Gasteiger partial charge in [0.1, 0.15) is 0 Å².